The Labute approximate surface area is 306 Å². The third-order valence-corrected chi connectivity index (χ3v) is 13.2. The summed E-state index contributed by atoms with van der Waals surface area (Å²) in [5.41, 5.74) is 1.14. The third kappa shape index (κ3) is 4.88. The molecule has 2 N–H and O–H groups in total. The van der Waals surface area contributed by atoms with E-state index < -0.39 is 70.3 Å². The van der Waals surface area contributed by atoms with Crippen LogP contribution in [-0.4, -0.2) is 61.0 Å². The molecule has 52 heavy (non-hydrogen) atoms. The number of aromatic hydroxyl groups is 1. The fourth-order valence-electron chi connectivity index (χ4n) is 9.21. The molecular weight excluding hydrogens is 711 g/mol. The zero-order valence-electron chi connectivity index (χ0n) is 28.4. The van der Waals surface area contributed by atoms with Gasteiger partial charge in [-0.25, -0.2) is 9.29 Å². The quantitative estimate of drug-likeness (QED) is 0.168. The molecule has 2 aliphatic heterocycles. The van der Waals surface area contributed by atoms with Crippen LogP contribution in [0.5, 0.6) is 5.75 Å². The van der Waals surface area contributed by atoms with E-state index in [9.17, 15) is 29.1 Å². The number of imide groups is 2. The van der Waals surface area contributed by atoms with Gasteiger partial charge in [-0.05, 0) is 85.9 Å². The van der Waals surface area contributed by atoms with Gasteiger partial charge in [0.15, 0.2) is 11.6 Å². The third-order valence-electron chi connectivity index (χ3n) is 11.7. The van der Waals surface area contributed by atoms with E-state index in [1.165, 1.54) is 28.2 Å². The van der Waals surface area contributed by atoms with Gasteiger partial charge in [0, 0.05) is 41.7 Å². The van der Waals surface area contributed by atoms with Gasteiger partial charge < -0.3 is 10.2 Å². The number of carbonyl (C=O) groups is 5. The summed E-state index contributed by atoms with van der Waals surface area (Å²) in [6, 6.07) is 11.2. The van der Waals surface area contributed by atoms with Gasteiger partial charge in [-0.2, -0.15) is 5.10 Å². The normalized spacial score (nSPS) is 26.9. The number of phenols is 1. The van der Waals surface area contributed by atoms with Crippen molar-refractivity contribution in [2.24, 2.45) is 36.1 Å². The number of carboxylic acids is 1. The highest BCUT2D eigenvalue weighted by Gasteiger charge is 2.68. The first kappa shape index (κ1) is 34.2. The number of aromatic nitrogens is 2. The highest BCUT2D eigenvalue weighted by atomic mass is 35.5. The number of fused-ring (bicyclic) bond motifs is 5. The van der Waals surface area contributed by atoms with Gasteiger partial charge in [0.25, 0.3) is 0 Å². The Morgan fingerprint density at radius 2 is 1.85 bits per heavy atom. The van der Waals surface area contributed by atoms with Gasteiger partial charge >= 0.3 is 5.97 Å². The summed E-state index contributed by atoms with van der Waals surface area (Å²) in [7, 11) is 1.66. The van der Waals surface area contributed by atoms with Crippen molar-refractivity contribution in [3.8, 4) is 16.3 Å². The number of carbonyl (C=O) groups excluding carboxylic acids is 4. The van der Waals surface area contributed by atoms with Crippen molar-refractivity contribution < 1.29 is 38.6 Å². The van der Waals surface area contributed by atoms with Crippen LogP contribution in [0.4, 0.5) is 10.2 Å². The number of benzene rings is 2. The molecule has 11 nitrogen and oxygen atoms in total. The maximum absolute atomic E-state index is 15.0. The number of rotatable bonds is 7. The molecule has 2 saturated heterocycles. The van der Waals surface area contributed by atoms with Crippen LogP contribution in [0, 0.1) is 41.8 Å². The molecule has 14 heteroatoms. The van der Waals surface area contributed by atoms with Crippen LogP contribution < -0.4 is 4.90 Å². The smallest absolute Gasteiger partial charge is 0.303 e. The summed E-state index contributed by atoms with van der Waals surface area (Å²) in [6.45, 7) is 3.63. The van der Waals surface area contributed by atoms with E-state index in [0.29, 0.717) is 21.9 Å². The molecule has 0 radical (unpaired) electrons. The Morgan fingerprint density at radius 1 is 1.08 bits per heavy atom. The summed E-state index contributed by atoms with van der Waals surface area (Å²) in [4.78, 5) is 71.4. The number of aliphatic carboxylic acids is 1. The molecule has 2 aliphatic carbocycles. The van der Waals surface area contributed by atoms with Gasteiger partial charge in [0.05, 0.1) is 28.0 Å². The number of thiophene rings is 1. The average Bonchev–Trinajstić information content (AvgIpc) is 3.76. The van der Waals surface area contributed by atoms with E-state index in [0.717, 1.165) is 36.4 Å². The highest BCUT2D eigenvalue weighted by molar-refractivity contribution is 7.22. The lowest BCUT2D eigenvalue weighted by Crippen LogP contribution is -2.49. The van der Waals surface area contributed by atoms with Gasteiger partial charge in [-0.15, -0.1) is 11.3 Å². The van der Waals surface area contributed by atoms with E-state index in [4.69, 9.17) is 21.8 Å². The standard InChI is InChI=1S/C38H34ClFN4O7S/c1-17-22-14-19(39)7-11-28(22)52-33(17)26-16-29(42(3)41-26)44-35(49)24-15-23-20(32(38(24,2)37(44)51)18-6-10-27(45)25(40)13-18)8-9-21-31(23)36(50)43(34(21)48)12-4-5-30(46)47/h6-8,10-11,13-14,16,21,23-24,31-32,45H,4-5,9,12,15H2,1-3H3,(H,46,47)/t21-,23+,24-,31-,32-,38+/m0/s1. The number of allylic oxidation sites excluding steroid dienone is 2. The molecule has 4 heterocycles. The Balaban J connectivity index is 1.21. The second kappa shape index (κ2) is 12.1. The Hall–Kier alpha value is -4.88. The first-order valence-electron chi connectivity index (χ1n) is 17.1. The van der Waals surface area contributed by atoms with Crippen LogP contribution in [0.1, 0.15) is 49.7 Å². The van der Waals surface area contributed by atoms with Crippen LogP contribution in [0.15, 0.2) is 54.1 Å². The molecule has 0 bridgehead atoms. The van der Waals surface area contributed by atoms with Gasteiger partial charge in [0.2, 0.25) is 23.6 Å². The summed E-state index contributed by atoms with van der Waals surface area (Å²) < 4.78 is 17.6. The number of anilines is 1. The molecule has 0 unspecified atom stereocenters. The van der Waals surface area contributed by atoms with E-state index in [-0.39, 0.29) is 44.0 Å². The van der Waals surface area contributed by atoms with Crippen molar-refractivity contribution in [1.29, 1.82) is 0 Å². The molecule has 3 fully saturated rings. The first-order valence-corrected chi connectivity index (χ1v) is 18.3. The molecule has 0 spiro atoms. The lowest BCUT2D eigenvalue weighted by atomic mass is 9.51. The van der Waals surface area contributed by atoms with Gasteiger partial charge in [0.1, 0.15) is 11.5 Å². The van der Waals surface area contributed by atoms with Crippen LogP contribution in [0.3, 0.4) is 0 Å². The van der Waals surface area contributed by atoms with Crippen LogP contribution in [-0.2, 0) is 31.0 Å². The number of carboxylic acid groups (broad SMARTS) is 1. The van der Waals surface area contributed by atoms with Crippen LogP contribution in [0.25, 0.3) is 20.7 Å². The summed E-state index contributed by atoms with van der Waals surface area (Å²) in [5.74, 6) is -7.98. The summed E-state index contributed by atoms with van der Waals surface area (Å²) in [5, 5.41) is 25.5. The maximum atomic E-state index is 15.0. The van der Waals surface area contributed by atoms with Crippen LogP contribution >= 0.6 is 22.9 Å². The van der Waals surface area contributed by atoms with Crippen molar-refractivity contribution in [3.63, 3.8) is 0 Å². The number of phenolic OH excluding ortho intramolecular Hbond substituents is 1. The Kier molecular flexibility index (Phi) is 7.96. The second-order valence-electron chi connectivity index (χ2n) is 14.4. The van der Waals surface area contributed by atoms with Crippen molar-refractivity contribution in [3.05, 3.63) is 76.1 Å². The molecule has 6 atom stereocenters. The number of nitrogens with zero attached hydrogens (tertiary/aromatic N) is 4. The van der Waals surface area contributed by atoms with Crippen molar-refractivity contribution in [2.75, 3.05) is 11.4 Å². The van der Waals surface area contributed by atoms with Gasteiger partial charge in [-0.1, -0.05) is 29.3 Å². The number of halogens is 2. The number of aryl methyl sites for hydroxylation is 2. The Bertz CT molecular complexity index is 2300. The zero-order valence-corrected chi connectivity index (χ0v) is 30.0. The predicted octanol–water partition coefficient (Wildman–Crippen LogP) is 6.20. The average molecular weight is 745 g/mol. The minimum absolute atomic E-state index is 0.0346. The van der Waals surface area contributed by atoms with E-state index in [1.54, 1.807) is 20.0 Å². The fourth-order valence-corrected chi connectivity index (χ4v) is 10.5. The Morgan fingerprint density at radius 3 is 2.58 bits per heavy atom. The molecule has 4 aromatic rings. The van der Waals surface area contributed by atoms with Crippen molar-refractivity contribution >= 4 is 68.4 Å². The summed E-state index contributed by atoms with van der Waals surface area (Å²) >= 11 is 7.80. The molecule has 268 valence electrons. The molecule has 1 saturated carbocycles. The number of hydrogen-bond donors (Lipinski definition) is 2. The van der Waals surface area contributed by atoms with Crippen molar-refractivity contribution in [2.45, 2.75) is 45.4 Å². The van der Waals surface area contributed by atoms with Gasteiger partial charge in [-0.3, -0.25) is 33.6 Å². The van der Waals surface area contributed by atoms with E-state index in [1.807, 2.05) is 31.2 Å². The zero-order chi connectivity index (χ0) is 37.0. The molecule has 8 rings (SSSR count). The highest BCUT2D eigenvalue weighted by Crippen LogP contribution is 2.63. The number of likely N-dealkylation sites (tertiary alicyclic amines) is 1. The van der Waals surface area contributed by atoms with E-state index in [2.05, 4.69) is 0 Å². The number of hydrogen-bond acceptors (Lipinski definition) is 8. The maximum Gasteiger partial charge on any atom is 0.303 e. The van der Waals surface area contributed by atoms with Crippen LogP contribution in [0.2, 0.25) is 5.02 Å². The number of amides is 4. The largest absolute Gasteiger partial charge is 0.505 e. The molecular formula is C38H34ClFN4O7S. The molecule has 2 aromatic heterocycles. The minimum Gasteiger partial charge on any atom is -0.505 e. The minimum atomic E-state index is -1.42. The first-order chi connectivity index (χ1) is 24.7. The predicted molar refractivity (Wildman–Crippen MR) is 190 cm³/mol. The summed E-state index contributed by atoms with van der Waals surface area (Å²) in [6.07, 6.45) is 2.06. The SMILES string of the molecule is Cc1c(-c2cc(N3C(=O)[C@@H]4C[C@@H]5C(=CC[C@@H]6C(=O)N(CCCC(=O)O)C(=O)[C@@H]65)[C@H](c5ccc(O)c(F)c5)[C@]4(C)C3=O)n(C)n2)sc2ccc(Cl)cc12. The lowest BCUT2D eigenvalue weighted by molar-refractivity contribution is -0.142. The fraction of sp³-hybridized carbons (Fsp3) is 0.368. The van der Waals surface area contributed by atoms with Crippen molar-refractivity contribution in [1.82, 2.24) is 14.7 Å². The lowest BCUT2D eigenvalue weighted by Gasteiger charge is -2.49. The van der Waals surface area contributed by atoms with E-state index >= 15 is 4.39 Å². The monoisotopic (exact) mass is 744 g/mol. The molecule has 2 aromatic carbocycles. The second-order valence-corrected chi connectivity index (χ2v) is 15.9. The molecule has 4 amide bonds. The topological polar surface area (TPSA) is 150 Å². The molecule has 4 aliphatic rings.